The fourth-order valence-electron chi connectivity index (χ4n) is 1.72. The van der Waals surface area contributed by atoms with Gasteiger partial charge in [-0.05, 0) is 12.8 Å². The first kappa shape index (κ1) is 11.4. The molecule has 1 saturated heterocycles. The van der Waals surface area contributed by atoms with Gasteiger partial charge in [0.05, 0.1) is 6.10 Å². The predicted molar refractivity (Wildman–Crippen MR) is 49.3 cm³/mol. The van der Waals surface area contributed by atoms with E-state index in [1.54, 1.807) is 0 Å². The quantitative estimate of drug-likeness (QED) is 0.612. The Morgan fingerprint density at radius 3 is 2.36 bits per heavy atom. The molecule has 0 amide bonds. The van der Waals surface area contributed by atoms with Crippen molar-refractivity contribution in [2.75, 3.05) is 0 Å². The van der Waals surface area contributed by atoms with Crippen molar-refractivity contribution < 1.29 is 18.7 Å². The van der Waals surface area contributed by atoms with E-state index in [2.05, 4.69) is 0 Å². The van der Waals surface area contributed by atoms with Crippen molar-refractivity contribution in [3.8, 4) is 0 Å². The third-order valence-electron chi connectivity index (χ3n) is 2.99. The number of carbonyl (C=O) groups is 1. The third kappa shape index (κ3) is 2.23. The molecule has 0 N–H and O–H groups in total. The second kappa shape index (κ2) is 4.26. The van der Waals surface area contributed by atoms with E-state index >= 15 is 0 Å². The van der Waals surface area contributed by atoms with Crippen molar-refractivity contribution in [3.63, 3.8) is 0 Å². The summed E-state index contributed by atoms with van der Waals surface area (Å²) in [6.07, 6.45) is -2.40. The second-order valence-electron chi connectivity index (χ2n) is 3.98. The largest absolute Gasteiger partial charge is 0.457 e. The normalized spacial score (nSPS) is 43.4. The van der Waals surface area contributed by atoms with Crippen molar-refractivity contribution in [1.82, 2.24) is 0 Å². The molecule has 1 aliphatic heterocycles. The van der Waals surface area contributed by atoms with Crippen LogP contribution in [0.15, 0.2) is 0 Å². The molecule has 0 aromatic carbocycles. The molecule has 82 valence electrons. The van der Waals surface area contributed by atoms with E-state index in [1.165, 1.54) is 6.92 Å². The van der Waals surface area contributed by atoms with Crippen LogP contribution in [0.2, 0.25) is 0 Å². The molecule has 1 heterocycles. The molecule has 1 fully saturated rings. The monoisotopic (exact) mass is 204 g/mol. The van der Waals surface area contributed by atoms with Gasteiger partial charge in [-0.15, -0.1) is 0 Å². The number of hydrogen-bond donors (Lipinski definition) is 0. The smallest absolute Gasteiger partial charge is 0.303 e. The van der Waals surface area contributed by atoms with Crippen LogP contribution in [0.1, 0.15) is 27.7 Å². The Labute approximate surface area is 83.6 Å². The number of alkyl halides is 1. The molecule has 4 heteroatoms. The summed E-state index contributed by atoms with van der Waals surface area (Å²) in [6.45, 7) is 6.96. The van der Waals surface area contributed by atoms with Gasteiger partial charge < -0.3 is 9.47 Å². The zero-order valence-electron chi connectivity index (χ0n) is 8.99. The standard InChI is InChI=1S/C10H17FO3/c1-5-6(2)9(14-8(4)12)10(11)13-7(5)3/h5-7,9-10H,1-4H3/t5-,6+,7?,9?,10-/m1/s1. The SMILES string of the molecule is CC(=O)OC1[C@H](F)OC(C)[C@H](C)[C@@H]1C. The lowest BCUT2D eigenvalue weighted by Gasteiger charge is -2.39. The number of hydrogen-bond acceptors (Lipinski definition) is 3. The number of halogens is 1. The van der Waals surface area contributed by atoms with Gasteiger partial charge in [-0.1, -0.05) is 13.8 Å². The average Bonchev–Trinajstić information content (AvgIpc) is 2.09. The molecule has 0 aliphatic carbocycles. The summed E-state index contributed by atoms with van der Waals surface area (Å²) in [5.41, 5.74) is 0. The molecule has 0 aromatic heterocycles. The van der Waals surface area contributed by atoms with E-state index in [9.17, 15) is 9.18 Å². The van der Waals surface area contributed by atoms with E-state index in [1.807, 2.05) is 20.8 Å². The summed E-state index contributed by atoms with van der Waals surface area (Å²) in [7, 11) is 0. The molecule has 1 rings (SSSR count). The van der Waals surface area contributed by atoms with Crippen molar-refractivity contribution in [3.05, 3.63) is 0 Å². The van der Waals surface area contributed by atoms with E-state index in [0.717, 1.165) is 0 Å². The van der Waals surface area contributed by atoms with Gasteiger partial charge in [0, 0.05) is 12.8 Å². The topological polar surface area (TPSA) is 35.5 Å². The number of carbonyl (C=O) groups excluding carboxylic acids is 1. The highest BCUT2D eigenvalue weighted by Gasteiger charge is 2.41. The third-order valence-corrected chi connectivity index (χ3v) is 2.99. The Bertz CT molecular complexity index is 219. The minimum absolute atomic E-state index is 0.0161. The molecule has 14 heavy (non-hydrogen) atoms. The molecule has 2 unspecified atom stereocenters. The van der Waals surface area contributed by atoms with Crippen LogP contribution in [0.4, 0.5) is 4.39 Å². The van der Waals surface area contributed by atoms with Crippen LogP contribution in [0.25, 0.3) is 0 Å². The molecule has 0 aromatic rings. The minimum atomic E-state index is -1.50. The first-order valence-corrected chi connectivity index (χ1v) is 4.90. The highest BCUT2D eigenvalue weighted by atomic mass is 19.1. The van der Waals surface area contributed by atoms with E-state index in [0.29, 0.717) is 0 Å². The fraction of sp³-hybridized carbons (Fsp3) is 0.900. The maximum absolute atomic E-state index is 13.4. The summed E-state index contributed by atoms with van der Waals surface area (Å²) >= 11 is 0. The van der Waals surface area contributed by atoms with Gasteiger partial charge in [-0.3, -0.25) is 4.79 Å². The minimum Gasteiger partial charge on any atom is -0.457 e. The Kier molecular flexibility index (Phi) is 3.48. The van der Waals surface area contributed by atoms with Crippen molar-refractivity contribution in [1.29, 1.82) is 0 Å². The Hall–Kier alpha value is -0.640. The maximum atomic E-state index is 13.4. The number of rotatable bonds is 1. The van der Waals surface area contributed by atoms with Crippen LogP contribution in [0.5, 0.6) is 0 Å². The Morgan fingerprint density at radius 1 is 1.29 bits per heavy atom. The molecule has 1 aliphatic rings. The van der Waals surface area contributed by atoms with Crippen LogP contribution in [0.3, 0.4) is 0 Å². The highest BCUT2D eigenvalue weighted by Crippen LogP contribution is 2.32. The summed E-state index contributed by atoms with van der Waals surface area (Å²) in [6, 6.07) is 0. The molecule has 0 radical (unpaired) electrons. The van der Waals surface area contributed by atoms with Crippen LogP contribution in [-0.4, -0.2) is 24.5 Å². The van der Waals surface area contributed by atoms with Crippen molar-refractivity contribution in [2.45, 2.75) is 46.3 Å². The lowest BCUT2D eigenvalue weighted by atomic mass is 9.84. The van der Waals surface area contributed by atoms with Gasteiger partial charge in [0.2, 0.25) is 6.36 Å². The molecular weight excluding hydrogens is 187 g/mol. The predicted octanol–water partition coefficient (Wildman–Crippen LogP) is 1.90. The van der Waals surface area contributed by atoms with Crippen LogP contribution >= 0.6 is 0 Å². The van der Waals surface area contributed by atoms with E-state index in [-0.39, 0.29) is 17.9 Å². The van der Waals surface area contributed by atoms with Crippen LogP contribution in [-0.2, 0) is 14.3 Å². The van der Waals surface area contributed by atoms with E-state index in [4.69, 9.17) is 9.47 Å². The summed E-state index contributed by atoms with van der Waals surface area (Å²) < 4.78 is 23.3. The van der Waals surface area contributed by atoms with Gasteiger partial charge in [0.15, 0.2) is 6.10 Å². The van der Waals surface area contributed by atoms with Gasteiger partial charge in [0.25, 0.3) is 0 Å². The number of esters is 1. The molecule has 5 atom stereocenters. The summed E-state index contributed by atoms with van der Waals surface area (Å²) in [5.74, 6) is -0.293. The Balaban J connectivity index is 2.68. The summed E-state index contributed by atoms with van der Waals surface area (Å²) in [5, 5.41) is 0. The zero-order valence-corrected chi connectivity index (χ0v) is 8.99. The number of ether oxygens (including phenoxy) is 2. The zero-order chi connectivity index (χ0) is 10.9. The molecular formula is C10H17FO3. The van der Waals surface area contributed by atoms with Crippen LogP contribution < -0.4 is 0 Å². The van der Waals surface area contributed by atoms with Gasteiger partial charge >= 0.3 is 5.97 Å². The van der Waals surface area contributed by atoms with Gasteiger partial charge in [0.1, 0.15) is 0 Å². The second-order valence-corrected chi connectivity index (χ2v) is 3.98. The molecule has 0 saturated carbocycles. The lowest BCUT2D eigenvalue weighted by molar-refractivity contribution is -0.225. The molecule has 0 spiro atoms. The first-order chi connectivity index (χ1) is 6.43. The van der Waals surface area contributed by atoms with Crippen molar-refractivity contribution in [2.24, 2.45) is 11.8 Å². The average molecular weight is 204 g/mol. The first-order valence-electron chi connectivity index (χ1n) is 4.90. The van der Waals surface area contributed by atoms with Crippen molar-refractivity contribution >= 4 is 5.97 Å². The lowest BCUT2D eigenvalue weighted by Crippen LogP contribution is -2.48. The maximum Gasteiger partial charge on any atom is 0.303 e. The van der Waals surface area contributed by atoms with E-state index < -0.39 is 18.4 Å². The fourth-order valence-corrected chi connectivity index (χ4v) is 1.72. The van der Waals surface area contributed by atoms with Gasteiger partial charge in [-0.2, -0.15) is 0 Å². The molecule has 0 bridgehead atoms. The van der Waals surface area contributed by atoms with Gasteiger partial charge in [-0.25, -0.2) is 4.39 Å². The Morgan fingerprint density at radius 2 is 1.86 bits per heavy atom. The summed E-state index contributed by atoms with van der Waals surface area (Å²) in [4.78, 5) is 10.7. The highest BCUT2D eigenvalue weighted by molar-refractivity contribution is 5.66. The van der Waals surface area contributed by atoms with Crippen LogP contribution in [0, 0.1) is 11.8 Å². The molecule has 3 nitrogen and oxygen atoms in total.